The topological polar surface area (TPSA) is 71.5 Å². The van der Waals surface area contributed by atoms with E-state index >= 15 is 0 Å². The van der Waals surface area contributed by atoms with Crippen LogP contribution in [0.25, 0.3) is 0 Å². The molecule has 1 N–H and O–H groups in total. The van der Waals surface area contributed by atoms with E-state index in [1.807, 2.05) is 12.3 Å². The van der Waals surface area contributed by atoms with Crippen LogP contribution in [0.15, 0.2) is 35.0 Å². The zero-order chi connectivity index (χ0) is 13.9. The van der Waals surface area contributed by atoms with Crippen molar-refractivity contribution in [3.05, 3.63) is 42.1 Å². The number of aromatic nitrogens is 2. The molecule has 6 heteroatoms. The van der Waals surface area contributed by atoms with E-state index in [0.717, 1.165) is 6.42 Å². The van der Waals surface area contributed by atoms with Crippen LogP contribution < -0.4 is 0 Å². The van der Waals surface area contributed by atoms with Crippen LogP contribution in [0, 0.1) is 5.92 Å². The lowest BCUT2D eigenvalue weighted by atomic mass is 10.1. The second-order valence-corrected chi connectivity index (χ2v) is 5.06. The highest BCUT2D eigenvalue weighted by atomic mass is 16.4. The number of rotatable bonds is 4. The fourth-order valence-electron chi connectivity index (χ4n) is 2.45. The smallest absolute Gasteiger partial charge is 0.289 e. The number of nitrogens with zero attached hydrogens (tertiary/aromatic N) is 3. The summed E-state index contributed by atoms with van der Waals surface area (Å²) in [6.07, 6.45) is 4.40. The maximum atomic E-state index is 12.3. The standard InChI is InChI=1S/C14H17N3O3/c18-10-11-4-7-16(8-11)14(19)13-3-2-12(20-13)9-17-6-1-5-15-17/h1-3,5-6,11,18H,4,7-10H2. The number of hydrogen-bond acceptors (Lipinski definition) is 4. The quantitative estimate of drug-likeness (QED) is 0.903. The predicted molar refractivity (Wildman–Crippen MR) is 71.1 cm³/mol. The van der Waals surface area contributed by atoms with Gasteiger partial charge in [-0.1, -0.05) is 0 Å². The molecule has 0 aromatic carbocycles. The molecule has 1 amide bonds. The highest BCUT2D eigenvalue weighted by molar-refractivity contribution is 5.91. The Labute approximate surface area is 116 Å². The third kappa shape index (κ3) is 2.60. The number of aliphatic hydroxyl groups excluding tert-OH is 1. The van der Waals surface area contributed by atoms with Crippen LogP contribution in [0.5, 0.6) is 0 Å². The highest BCUT2D eigenvalue weighted by Gasteiger charge is 2.28. The molecule has 0 spiro atoms. The molecule has 0 saturated carbocycles. The molecular weight excluding hydrogens is 258 g/mol. The van der Waals surface area contributed by atoms with Gasteiger partial charge in [-0.2, -0.15) is 5.10 Å². The lowest BCUT2D eigenvalue weighted by Gasteiger charge is -2.14. The number of likely N-dealkylation sites (tertiary alicyclic amines) is 1. The van der Waals surface area contributed by atoms with E-state index in [1.165, 1.54) is 0 Å². The van der Waals surface area contributed by atoms with Gasteiger partial charge in [-0.25, -0.2) is 0 Å². The normalized spacial score (nSPS) is 18.6. The van der Waals surface area contributed by atoms with Crippen molar-refractivity contribution in [2.24, 2.45) is 5.92 Å². The molecule has 1 aliphatic rings. The second-order valence-electron chi connectivity index (χ2n) is 5.06. The van der Waals surface area contributed by atoms with Crippen LogP contribution in [0.1, 0.15) is 22.7 Å². The Morgan fingerprint density at radius 3 is 3.10 bits per heavy atom. The fraction of sp³-hybridized carbons (Fsp3) is 0.429. The van der Waals surface area contributed by atoms with Crippen LogP contribution >= 0.6 is 0 Å². The first-order valence-corrected chi connectivity index (χ1v) is 6.72. The Kier molecular flexibility index (Phi) is 3.56. The Hall–Kier alpha value is -2.08. The Morgan fingerprint density at radius 1 is 1.50 bits per heavy atom. The summed E-state index contributed by atoms with van der Waals surface area (Å²) < 4.78 is 7.33. The van der Waals surface area contributed by atoms with Gasteiger partial charge < -0.3 is 14.4 Å². The van der Waals surface area contributed by atoms with Gasteiger partial charge >= 0.3 is 0 Å². The molecule has 1 atom stereocenters. The van der Waals surface area contributed by atoms with Crippen molar-refractivity contribution in [3.63, 3.8) is 0 Å². The lowest BCUT2D eigenvalue weighted by Crippen LogP contribution is -2.28. The summed E-state index contributed by atoms with van der Waals surface area (Å²) in [6, 6.07) is 5.34. The van der Waals surface area contributed by atoms with Crippen molar-refractivity contribution in [1.82, 2.24) is 14.7 Å². The van der Waals surface area contributed by atoms with Gasteiger partial charge in [-0.15, -0.1) is 0 Å². The number of aliphatic hydroxyl groups is 1. The number of amides is 1. The van der Waals surface area contributed by atoms with Gasteiger partial charge in [-0.3, -0.25) is 9.48 Å². The van der Waals surface area contributed by atoms with Crippen LogP contribution in [-0.4, -0.2) is 45.4 Å². The molecule has 0 bridgehead atoms. The minimum Gasteiger partial charge on any atom is -0.454 e. The molecule has 1 fully saturated rings. The van der Waals surface area contributed by atoms with Crippen molar-refractivity contribution in [3.8, 4) is 0 Å². The Bertz CT molecular complexity index is 576. The Morgan fingerprint density at radius 2 is 2.40 bits per heavy atom. The molecule has 6 nitrogen and oxygen atoms in total. The fourth-order valence-corrected chi connectivity index (χ4v) is 2.45. The second kappa shape index (κ2) is 5.50. The summed E-state index contributed by atoms with van der Waals surface area (Å²) in [5.41, 5.74) is 0. The molecule has 3 heterocycles. The average molecular weight is 275 g/mol. The zero-order valence-electron chi connectivity index (χ0n) is 11.1. The first-order valence-electron chi connectivity index (χ1n) is 6.72. The summed E-state index contributed by atoms with van der Waals surface area (Å²) in [5.74, 6) is 1.14. The maximum absolute atomic E-state index is 12.3. The summed E-state index contributed by atoms with van der Waals surface area (Å²) in [6.45, 7) is 1.93. The van der Waals surface area contributed by atoms with E-state index in [9.17, 15) is 4.79 Å². The van der Waals surface area contributed by atoms with Gasteiger partial charge in [0.25, 0.3) is 5.91 Å². The molecule has 2 aromatic heterocycles. The molecule has 20 heavy (non-hydrogen) atoms. The highest BCUT2D eigenvalue weighted by Crippen LogP contribution is 2.19. The van der Waals surface area contributed by atoms with Gasteiger partial charge in [-0.05, 0) is 24.6 Å². The number of hydrogen-bond donors (Lipinski definition) is 1. The van der Waals surface area contributed by atoms with Gasteiger partial charge in [0, 0.05) is 38.0 Å². The van der Waals surface area contributed by atoms with Crippen molar-refractivity contribution in [2.75, 3.05) is 19.7 Å². The maximum Gasteiger partial charge on any atom is 0.289 e. The summed E-state index contributed by atoms with van der Waals surface area (Å²) in [7, 11) is 0. The molecule has 0 radical (unpaired) electrons. The third-order valence-corrected chi connectivity index (χ3v) is 3.58. The lowest BCUT2D eigenvalue weighted by molar-refractivity contribution is 0.0748. The van der Waals surface area contributed by atoms with E-state index in [2.05, 4.69) is 5.10 Å². The molecule has 2 aromatic rings. The SMILES string of the molecule is O=C(c1ccc(Cn2cccn2)o1)N1CCC(CO)C1. The first-order chi connectivity index (χ1) is 9.76. The zero-order valence-corrected chi connectivity index (χ0v) is 11.1. The van der Waals surface area contributed by atoms with Gasteiger partial charge in [0.1, 0.15) is 5.76 Å². The Balaban J connectivity index is 1.66. The minimum atomic E-state index is -0.104. The third-order valence-electron chi connectivity index (χ3n) is 3.58. The predicted octanol–water partition coefficient (Wildman–Crippen LogP) is 0.979. The van der Waals surface area contributed by atoms with E-state index in [0.29, 0.717) is 31.2 Å². The molecule has 0 aliphatic carbocycles. The summed E-state index contributed by atoms with van der Waals surface area (Å²) in [5, 5.41) is 13.2. The number of carbonyl (C=O) groups excluding carboxylic acids is 1. The first kappa shape index (κ1) is 12.9. The van der Waals surface area contributed by atoms with Crippen LogP contribution in [0.4, 0.5) is 0 Å². The summed E-state index contributed by atoms with van der Waals surface area (Å²) in [4.78, 5) is 14.0. The van der Waals surface area contributed by atoms with Crippen LogP contribution in [0.2, 0.25) is 0 Å². The molecule has 1 saturated heterocycles. The molecule has 1 aliphatic heterocycles. The van der Waals surface area contributed by atoms with Crippen molar-refractivity contribution < 1.29 is 14.3 Å². The number of carbonyl (C=O) groups is 1. The van der Waals surface area contributed by atoms with Gasteiger partial charge in [0.05, 0.1) is 6.54 Å². The van der Waals surface area contributed by atoms with E-state index in [-0.39, 0.29) is 18.4 Å². The van der Waals surface area contributed by atoms with E-state index in [1.54, 1.807) is 27.9 Å². The van der Waals surface area contributed by atoms with E-state index in [4.69, 9.17) is 9.52 Å². The number of furan rings is 1. The molecule has 3 rings (SSSR count). The van der Waals surface area contributed by atoms with Crippen molar-refractivity contribution in [2.45, 2.75) is 13.0 Å². The summed E-state index contributed by atoms with van der Waals surface area (Å²) >= 11 is 0. The largest absolute Gasteiger partial charge is 0.454 e. The van der Waals surface area contributed by atoms with E-state index < -0.39 is 0 Å². The van der Waals surface area contributed by atoms with Crippen molar-refractivity contribution in [1.29, 1.82) is 0 Å². The van der Waals surface area contributed by atoms with Gasteiger partial charge in [0.2, 0.25) is 0 Å². The molecule has 1 unspecified atom stereocenters. The minimum absolute atomic E-state index is 0.104. The van der Waals surface area contributed by atoms with Crippen molar-refractivity contribution >= 4 is 5.91 Å². The molecule has 106 valence electrons. The monoisotopic (exact) mass is 275 g/mol. The molecular formula is C14H17N3O3. The van der Waals surface area contributed by atoms with Gasteiger partial charge in [0.15, 0.2) is 5.76 Å². The van der Waals surface area contributed by atoms with Crippen LogP contribution in [-0.2, 0) is 6.54 Å². The van der Waals surface area contributed by atoms with Crippen LogP contribution in [0.3, 0.4) is 0 Å². The average Bonchev–Trinajstić information content (AvgIpc) is 3.20.